The molecule has 1 atom stereocenters. The topological polar surface area (TPSA) is 26.3 Å². The molecule has 0 N–H and O–H groups in total. The van der Waals surface area contributed by atoms with Crippen LogP contribution >= 0.6 is 11.6 Å². The van der Waals surface area contributed by atoms with E-state index in [9.17, 15) is 4.79 Å². The van der Waals surface area contributed by atoms with Gasteiger partial charge < -0.3 is 4.74 Å². The van der Waals surface area contributed by atoms with Crippen molar-refractivity contribution in [1.29, 1.82) is 0 Å². The van der Waals surface area contributed by atoms with Crippen molar-refractivity contribution >= 4 is 17.4 Å². The first-order valence-electron chi connectivity index (χ1n) is 5.87. The van der Waals surface area contributed by atoms with E-state index in [1.54, 1.807) is 18.2 Å². The van der Waals surface area contributed by atoms with Crippen molar-refractivity contribution < 1.29 is 9.53 Å². The number of ether oxygens (including phenoxy) is 1. The molecule has 1 aromatic carbocycles. The molecule has 94 valence electrons. The summed E-state index contributed by atoms with van der Waals surface area (Å²) in [6, 6.07) is 5.21. The monoisotopic (exact) mass is 254 g/mol. The van der Waals surface area contributed by atoms with Gasteiger partial charge in [0.15, 0.2) is 5.78 Å². The molecule has 0 spiro atoms. The van der Waals surface area contributed by atoms with Gasteiger partial charge in [0.05, 0.1) is 11.1 Å². The Morgan fingerprint density at radius 2 is 2.00 bits per heavy atom. The summed E-state index contributed by atoms with van der Waals surface area (Å²) in [6.45, 7) is 7.85. The zero-order valence-corrected chi connectivity index (χ0v) is 11.5. The van der Waals surface area contributed by atoms with Crippen LogP contribution in [0.4, 0.5) is 0 Å². The molecule has 1 aromatic rings. The maximum Gasteiger partial charge on any atom is 0.161 e. The molecule has 3 heteroatoms. The van der Waals surface area contributed by atoms with E-state index in [-0.39, 0.29) is 11.9 Å². The van der Waals surface area contributed by atoms with Crippen LogP contribution in [0.3, 0.4) is 0 Å². The Balaban J connectivity index is 2.74. The average Bonchev–Trinajstić information content (AvgIpc) is 2.15. The summed E-state index contributed by atoms with van der Waals surface area (Å²) < 4.78 is 5.74. The fourth-order valence-corrected chi connectivity index (χ4v) is 2.10. The van der Waals surface area contributed by atoms with Crippen LogP contribution in [-0.4, -0.2) is 11.9 Å². The zero-order valence-electron chi connectivity index (χ0n) is 10.8. The van der Waals surface area contributed by atoms with Crippen molar-refractivity contribution in [1.82, 2.24) is 0 Å². The molecule has 2 nitrogen and oxygen atoms in total. The highest BCUT2D eigenvalue weighted by molar-refractivity contribution is 6.34. The SMILES string of the molecule is CC(=O)c1ccc(OC(C)CC(C)C)cc1Cl. The highest BCUT2D eigenvalue weighted by Crippen LogP contribution is 2.24. The van der Waals surface area contributed by atoms with E-state index in [1.165, 1.54) is 6.92 Å². The molecule has 0 bridgehead atoms. The van der Waals surface area contributed by atoms with Gasteiger partial charge in [-0.25, -0.2) is 0 Å². The van der Waals surface area contributed by atoms with Gasteiger partial charge in [0.1, 0.15) is 5.75 Å². The third-order valence-corrected chi connectivity index (χ3v) is 2.77. The molecule has 0 saturated carbocycles. The smallest absolute Gasteiger partial charge is 0.161 e. The van der Waals surface area contributed by atoms with Gasteiger partial charge in [-0.05, 0) is 44.4 Å². The van der Waals surface area contributed by atoms with Crippen molar-refractivity contribution in [2.75, 3.05) is 0 Å². The lowest BCUT2D eigenvalue weighted by molar-refractivity contribution is 0.101. The van der Waals surface area contributed by atoms with E-state index in [1.807, 2.05) is 6.92 Å². The van der Waals surface area contributed by atoms with Gasteiger partial charge in [0.25, 0.3) is 0 Å². The Morgan fingerprint density at radius 3 is 2.47 bits per heavy atom. The molecule has 0 aliphatic carbocycles. The first-order chi connectivity index (χ1) is 7.90. The average molecular weight is 255 g/mol. The summed E-state index contributed by atoms with van der Waals surface area (Å²) in [5.41, 5.74) is 0.538. The Labute approximate surface area is 108 Å². The summed E-state index contributed by atoms with van der Waals surface area (Å²) in [5, 5.41) is 0.451. The summed E-state index contributed by atoms with van der Waals surface area (Å²) in [6.07, 6.45) is 1.14. The lowest BCUT2D eigenvalue weighted by Gasteiger charge is -2.17. The van der Waals surface area contributed by atoms with Crippen molar-refractivity contribution in [2.24, 2.45) is 5.92 Å². The largest absolute Gasteiger partial charge is 0.491 e. The minimum Gasteiger partial charge on any atom is -0.491 e. The zero-order chi connectivity index (χ0) is 13.0. The number of hydrogen-bond donors (Lipinski definition) is 0. The van der Waals surface area contributed by atoms with Crippen LogP contribution in [0.1, 0.15) is 44.5 Å². The fourth-order valence-electron chi connectivity index (χ4n) is 1.80. The van der Waals surface area contributed by atoms with Gasteiger partial charge in [0, 0.05) is 5.56 Å². The second kappa shape index (κ2) is 6.06. The minimum absolute atomic E-state index is 0.0308. The maximum absolute atomic E-state index is 11.2. The van der Waals surface area contributed by atoms with Crippen LogP contribution in [0.25, 0.3) is 0 Å². The molecule has 0 radical (unpaired) electrons. The van der Waals surface area contributed by atoms with Crippen molar-refractivity contribution in [3.8, 4) is 5.75 Å². The number of rotatable bonds is 5. The molecular formula is C14H19ClO2. The standard InChI is InChI=1S/C14H19ClO2/c1-9(2)7-10(3)17-12-5-6-13(11(4)16)14(15)8-12/h5-6,8-10H,7H2,1-4H3. The second-order valence-electron chi connectivity index (χ2n) is 4.76. The van der Waals surface area contributed by atoms with E-state index < -0.39 is 0 Å². The van der Waals surface area contributed by atoms with E-state index in [4.69, 9.17) is 16.3 Å². The molecule has 1 rings (SSSR count). The van der Waals surface area contributed by atoms with Crippen molar-refractivity contribution in [3.05, 3.63) is 28.8 Å². The number of carbonyl (C=O) groups is 1. The van der Waals surface area contributed by atoms with Crippen molar-refractivity contribution in [3.63, 3.8) is 0 Å². The lowest BCUT2D eigenvalue weighted by Crippen LogP contribution is -2.14. The van der Waals surface area contributed by atoms with Gasteiger partial charge in [-0.3, -0.25) is 4.79 Å². The van der Waals surface area contributed by atoms with Gasteiger partial charge in [-0.15, -0.1) is 0 Å². The lowest BCUT2D eigenvalue weighted by atomic mass is 10.1. The summed E-state index contributed by atoms with van der Waals surface area (Å²) in [7, 11) is 0. The third kappa shape index (κ3) is 4.39. The van der Waals surface area contributed by atoms with E-state index in [0.29, 0.717) is 22.3 Å². The molecule has 0 aliphatic rings. The Kier molecular flexibility index (Phi) is 5.01. The normalized spacial score (nSPS) is 12.6. The molecule has 0 amide bonds. The van der Waals surface area contributed by atoms with Crippen LogP contribution in [0.5, 0.6) is 5.75 Å². The maximum atomic E-state index is 11.2. The number of benzene rings is 1. The number of hydrogen-bond acceptors (Lipinski definition) is 2. The molecular weight excluding hydrogens is 236 g/mol. The van der Waals surface area contributed by atoms with Crippen LogP contribution in [0.15, 0.2) is 18.2 Å². The van der Waals surface area contributed by atoms with Gasteiger partial charge in [0.2, 0.25) is 0 Å². The highest BCUT2D eigenvalue weighted by atomic mass is 35.5. The quantitative estimate of drug-likeness (QED) is 0.730. The minimum atomic E-state index is -0.0308. The van der Waals surface area contributed by atoms with Crippen LogP contribution in [0.2, 0.25) is 5.02 Å². The summed E-state index contributed by atoms with van der Waals surface area (Å²) >= 11 is 6.01. The first-order valence-corrected chi connectivity index (χ1v) is 6.25. The molecule has 1 unspecified atom stereocenters. The molecule has 0 aromatic heterocycles. The second-order valence-corrected chi connectivity index (χ2v) is 5.16. The Morgan fingerprint density at radius 1 is 1.35 bits per heavy atom. The van der Waals surface area contributed by atoms with Crippen LogP contribution in [0, 0.1) is 5.92 Å². The Bertz CT molecular complexity index is 399. The number of Topliss-reactive ketones (excluding diaryl/α,β-unsaturated/α-hetero) is 1. The molecule has 17 heavy (non-hydrogen) atoms. The fraction of sp³-hybridized carbons (Fsp3) is 0.500. The first kappa shape index (κ1) is 14.0. The summed E-state index contributed by atoms with van der Waals surface area (Å²) in [4.78, 5) is 11.2. The van der Waals surface area contributed by atoms with E-state index in [0.717, 1.165) is 6.42 Å². The van der Waals surface area contributed by atoms with Crippen molar-refractivity contribution in [2.45, 2.75) is 40.2 Å². The molecule has 0 heterocycles. The van der Waals surface area contributed by atoms with Crippen LogP contribution in [-0.2, 0) is 0 Å². The predicted octanol–water partition coefficient (Wildman–Crippen LogP) is 4.36. The third-order valence-electron chi connectivity index (χ3n) is 2.46. The van der Waals surface area contributed by atoms with E-state index >= 15 is 0 Å². The molecule has 0 saturated heterocycles. The highest BCUT2D eigenvalue weighted by Gasteiger charge is 2.10. The summed E-state index contributed by atoms with van der Waals surface area (Å²) in [5.74, 6) is 1.28. The van der Waals surface area contributed by atoms with Gasteiger partial charge >= 0.3 is 0 Å². The van der Waals surface area contributed by atoms with Gasteiger partial charge in [-0.1, -0.05) is 25.4 Å². The number of carbonyl (C=O) groups excluding carboxylic acids is 1. The Hall–Kier alpha value is -1.02. The van der Waals surface area contributed by atoms with E-state index in [2.05, 4.69) is 13.8 Å². The van der Waals surface area contributed by atoms with Gasteiger partial charge in [-0.2, -0.15) is 0 Å². The number of halogens is 1. The molecule has 0 fully saturated rings. The number of ketones is 1. The van der Waals surface area contributed by atoms with Crippen LogP contribution < -0.4 is 4.74 Å². The predicted molar refractivity (Wildman–Crippen MR) is 71.0 cm³/mol. The molecule has 0 aliphatic heterocycles.